The quantitative estimate of drug-likeness (QED) is 0.839. The number of likely N-dealkylation sites (tertiary alicyclic amines) is 1. The normalized spacial score (nSPS) is 17.0. The Bertz CT molecular complexity index is 550. The van der Waals surface area contributed by atoms with Crippen molar-refractivity contribution >= 4 is 0 Å². The first kappa shape index (κ1) is 14.0. The fourth-order valence-corrected chi connectivity index (χ4v) is 2.49. The van der Waals surface area contributed by atoms with Crippen LogP contribution in [0.15, 0.2) is 29.0 Å². The Kier molecular flexibility index (Phi) is 4.45. The second kappa shape index (κ2) is 6.67. The number of hydrogen-bond acceptors (Lipinski definition) is 6. The summed E-state index contributed by atoms with van der Waals surface area (Å²) in [6, 6.07) is 3.80. The highest BCUT2D eigenvalue weighted by molar-refractivity contribution is 5.17. The molecule has 0 radical (unpaired) electrons. The van der Waals surface area contributed by atoms with Crippen molar-refractivity contribution < 1.29 is 9.26 Å². The van der Waals surface area contributed by atoms with E-state index in [-0.39, 0.29) is 6.10 Å². The number of rotatable bonds is 5. The lowest BCUT2D eigenvalue weighted by Gasteiger charge is -2.31. The molecule has 0 atom stereocenters. The molecule has 0 aromatic carbocycles. The van der Waals surface area contributed by atoms with Gasteiger partial charge < -0.3 is 9.26 Å². The molecular formula is C15H20N4O2. The third-order valence-corrected chi connectivity index (χ3v) is 3.66. The van der Waals surface area contributed by atoms with E-state index in [0.717, 1.165) is 50.5 Å². The smallest absolute Gasteiger partial charge is 0.226 e. The van der Waals surface area contributed by atoms with Gasteiger partial charge in [-0.1, -0.05) is 12.1 Å². The van der Waals surface area contributed by atoms with E-state index in [1.807, 2.05) is 19.1 Å². The molecule has 112 valence electrons. The Morgan fingerprint density at radius 3 is 2.71 bits per heavy atom. The van der Waals surface area contributed by atoms with E-state index in [9.17, 15) is 0 Å². The minimum absolute atomic E-state index is 0.278. The molecule has 2 aromatic heterocycles. The molecule has 6 heteroatoms. The summed E-state index contributed by atoms with van der Waals surface area (Å²) in [5.74, 6) is 2.38. The average molecular weight is 288 g/mol. The van der Waals surface area contributed by atoms with Gasteiger partial charge in [-0.3, -0.25) is 9.88 Å². The van der Waals surface area contributed by atoms with E-state index in [2.05, 4.69) is 20.0 Å². The van der Waals surface area contributed by atoms with E-state index >= 15 is 0 Å². The fourth-order valence-electron chi connectivity index (χ4n) is 2.49. The van der Waals surface area contributed by atoms with Crippen LogP contribution in [-0.2, 0) is 13.0 Å². The van der Waals surface area contributed by atoms with Crippen molar-refractivity contribution in [2.45, 2.75) is 38.8 Å². The predicted molar refractivity (Wildman–Crippen MR) is 76.8 cm³/mol. The first-order valence-electron chi connectivity index (χ1n) is 7.44. The second-order valence-corrected chi connectivity index (χ2v) is 5.23. The summed E-state index contributed by atoms with van der Waals surface area (Å²) in [7, 11) is 0. The Hall–Kier alpha value is -1.95. The van der Waals surface area contributed by atoms with Gasteiger partial charge in [0.15, 0.2) is 5.82 Å². The SMILES string of the molecule is CCc1nc(CN2CCC(Oc3ccncc3)CC2)no1. The van der Waals surface area contributed by atoms with Gasteiger partial charge in [-0.25, -0.2) is 0 Å². The molecule has 1 fully saturated rings. The number of hydrogen-bond donors (Lipinski definition) is 0. The van der Waals surface area contributed by atoms with E-state index in [1.165, 1.54) is 0 Å². The zero-order valence-electron chi connectivity index (χ0n) is 12.2. The number of aryl methyl sites for hydroxylation is 1. The molecular weight excluding hydrogens is 268 g/mol. The van der Waals surface area contributed by atoms with Gasteiger partial charge in [0.2, 0.25) is 5.89 Å². The standard InChI is InChI=1S/C15H20N4O2/c1-2-15-17-14(18-21-15)11-19-9-5-13(6-10-19)20-12-3-7-16-8-4-12/h3-4,7-8,13H,2,5-6,9-11H2,1H3. The fraction of sp³-hybridized carbons (Fsp3) is 0.533. The van der Waals surface area contributed by atoms with Gasteiger partial charge in [0, 0.05) is 31.9 Å². The lowest BCUT2D eigenvalue weighted by Crippen LogP contribution is -2.38. The first-order chi connectivity index (χ1) is 10.3. The molecule has 0 aliphatic carbocycles. The summed E-state index contributed by atoms with van der Waals surface area (Å²) in [4.78, 5) is 10.7. The van der Waals surface area contributed by atoms with Crippen LogP contribution in [-0.4, -0.2) is 39.2 Å². The van der Waals surface area contributed by atoms with E-state index in [1.54, 1.807) is 12.4 Å². The molecule has 0 amide bonds. The molecule has 1 saturated heterocycles. The zero-order chi connectivity index (χ0) is 14.5. The monoisotopic (exact) mass is 288 g/mol. The maximum atomic E-state index is 5.96. The van der Waals surface area contributed by atoms with Crippen LogP contribution in [0.3, 0.4) is 0 Å². The van der Waals surface area contributed by atoms with Crippen LogP contribution in [0.4, 0.5) is 0 Å². The highest BCUT2D eigenvalue weighted by Gasteiger charge is 2.21. The third-order valence-electron chi connectivity index (χ3n) is 3.66. The summed E-state index contributed by atoms with van der Waals surface area (Å²) < 4.78 is 11.1. The highest BCUT2D eigenvalue weighted by Crippen LogP contribution is 2.19. The lowest BCUT2D eigenvalue weighted by atomic mass is 10.1. The summed E-state index contributed by atoms with van der Waals surface area (Å²) in [6.07, 6.45) is 6.61. The van der Waals surface area contributed by atoms with Gasteiger partial charge in [0.05, 0.1) is 6.54 Å². The van der Waals surface area contributed by atoms with E-state index in [0.29, 0.717) is 5.89 Å². The van der Waals surface area contributed by atoms with Crippen molar-refractivity contribution in [2.24, 2.45) is 0 Å². The first-order valence-corrected chi connectivity index (χ1v) is 7.44. The van der Waals surface area contributed by atoms with Crippen molar-refractivity contribution in [3.63, 3.8) is 0 Å². The Morgan fingerprint density at radius 1 is 1.29 bits per heavy atom. The Labute approximate surface area is 124 Å². The van der Waals surface area contributed by atoms with Crippen LogP contribution in [0.5, 0.6) is 5.75 Å². The van der Waals surface area contributed by atoms with E-state index < -0.39 is 0 Å². The van der Waals surface area contributed by atoms with Gasteiger partial charge in [0.1, 0.15) is 11.9 Å². The molecule has 1 aliphatic rings. The summed E-state index contributed by atoms with van der Waals surface area (Å²) in [5.41, 5.74) is 0. The molecule has 21 heavy (non-hydrogen) atoms. The summed E-state index contributed by atoms with van der Waals surface area (Å²) in [5, 5.41) is 4.00. The molecule has 3 heterocycles. The van der Waals surface area contributed by atoms with E-state index in [4.69, 9.17) is 9.26 Å². The number of piperidine rings is 1. The second-order valence-electron chi connectivity index (χ2n) is 5.23. The Balaban J connectivity index is 1.46. The van der Waals surface area contributed by atoms with Crippen LogP contribution in [0, 0.1) is 0 Å². The number of nitrogens with zero attached hydrogens (tertiary/aromatic N) is 4. The molecule has 0 N–H and O–H groups in total. The van der Waals surface area contributed by atoms with Crippen LogP contribution in [0.25, 0.3) is 0 Å². The van der Waals surface area contributed by atoms with Crippen molar-refractivity contribution in [1.29, 1.82) is 0 Å². The van der Waals surface area contributed by atoms with Gasteiger partial charge in [0.25, 0.3) is 0 Å². The minimum Gasteiger partial charge on any atom is -0.490 e. The average Bonchev–Trinajstić information content (AvgIpc) is 2.98. The topological polar surface area (TPSA) is 64.3 Å². The minimum atomic E-state index is 0.278. The molecule has 3 rings (SSSR count). The van der Waals surface area contributed by atoms with Crippen molar-refractivity contribution in [3.8, 4) is 5.75 Å². The Morgan fingerprint density at radius 2 is 2.05 bits per heavy atom. The molecule has 0 spiro atoms. The van der Waals surface area contributed by atoms with Gasteiger partial charge >= 0.3 is 0 Å². The predicted octanol–water partition coefficient (Wildman–Crippen LogP) is 2.07. The highest BCUT2D eigenvalue weighted by atomic mass is 16.5. The van der Waals surface area contributed by atoms with Gasteiger partial charge in [-0.15, -0.1) is 0 Å². The van der Waals surface area contributed by atoms with Gasteiger partial charge in [-0.2, -0.15) is 4.98 Å². The molecule has 0 saturated carbocycles. The number of aromatic nitrogens is 3. The maximum absolute atomic E-state index is 5.96. The van der Waals surface area contributed by atoms with Crippen LogP contribution >= 0.6 is 0 Å². The van der Waals surface area contributed by atoms with Crippen LogP contribution in [0.1, 0.15) is 31.5 Å². The lowest BCUT2D eigenvalue weighted by molar-refractivity contribution is 0.0948. The van der Waals surface area contributed by atoms with Crippen LogP contribution in [0.2, 0.25) is 0 Å². The number of ether oxygens (including phenoxy) is 1. The molecule has 6 nitrogen and oxygen atoms in total. The largest absolute Gasteiger partial charge is 0.490 e. The van der Waals surface area contributed by atoms with Crippen molar-refractivity contribution in [3.05, 3.63) is 36.2 Å². The van der Waals surface area contributed by atoms with Crippen molar-refractivity contribution in [1.82, 2.24) is 20.0 Å². The van der Waals surface area contributed by atoms with Crippen molar-refractivity contribution in [2.75, 3.05) is 13.1 Å². The maximum Gasteiger partial charge on any atom is 0.226 e. The summed E-state index contributed by atoms with van der Waals surface area (Å²) in [6.45, 7) is 4.75. The van der Waals surface area contributed by atoms with Gasteiger partial charge in [-0.05, 0) is 25.0 Å². The van der Waals surface area contributed by atoms with Crippen LogP contribution < -0.4 is 4.74 Å². The molecule has 0 bridgehead atoms. The summed E-state index contributed by atoms with van der Waals surface area (Å²) >= 11 is 0. The molecule has 2 aromatic rings. The number of pyridine rings is 1. The third kappa shape index (κ3) is 3.78. The molecule has 1 aliphatic heterocycles. The molecule has 0 unspecified atom stereocenters. The zero-order valence-corrected chi connectivity index (χ0v) is 12.2.